The van der Waals surface area contributed by atoms with E-state index < -0.39 is 25.8 Å². The van der Waals surface area contributed by atoms with Crippen LogP contribution in [0.4, 0.5) is 5.69 Å². The maximum Gasteiger partial charge on any atom is 0.238 e. The molecule has 0 atom stereocenters. The zero-order valence-electron chi connectivity index (χ0n) is 15.1. The Bertz CT molecular complexity index is 1040. The summed E-state index contributed by atoms with van der Waals surface area (Å²) in [4.78, 5) is 12.2. The molecule has 3 N–H and O–H groups in total. The van der Waals surface area contributed by atoms with Crippen molar-refractivity contribution in [2.75, 3.05) is 11.1 Å². The zero-order valence-corrected chi connectivity index (χ0v) is 16.7. The quantitative estimate of drug-likeness (QED) is 0.723. The summed E-state index contributed by atoms with van der Waals surface area (Å²) < 4.78 is 47.9. The Morgan fingerprint density at radius 1 is 1.04 bits per heavy atom. The smallest absolute Gasteiger partial charge is 0.238 e. The van der Waals surface area contributed by atoms with Gasteiger partial charge < -0.3 is 5.32 Å². The van der Waals surface area contributed by atoms with Crippen LogP contribution in [0.3, 0.4) is 0 Å². The Labute approximate surface area is 159 Å². The van der Waals surface area contributed by atoms with Gasteiger partial charge in [-0.3, -0.25) is 4.79 Å². The molecule has 27 heavy (non-hydrogen) atoms. The third-order valence-corrected chi connectivity index (χ3v) is 6.74. The van der Waals surface area contributed by atoms with E-state index in [1.807, 2.05) is 6.92 Å². The van der Waals surface area contributed by atoms with Crippen LogP contribution in [-0.4, -0.2) is 28.5 Å². The van der Waals surface area contributed by atoms with Crippen molar-refractivity contribution in [3.8, 4) is 0 Å². The van der Waals surface area contributed by atoms with Crippen LogP contribution >= 0.6 is 0 Å². The molecule has 7 nitrogen and oxygen atoms in total. The van der Waals surface area contributed by atoms with Gasteiger partial charge in [-0.2, -0.15) is 0 Å². The Kier molecular flexibility index (Phi) is 6.40. The number of rotatable bonds is 7. The number of carbonyl (C=O) groups is 1. The van der Waals surface area contributed by atoms with Crippen LogP contribution < -0.4 is 10.5 Å². The Morgan fingerprint density at radius 2 is 1.67 bits per heavy atom. The number of nitrogens with one attached hydrogen (secondary N) is 1. The Morgan fingerprint density at radius 3 is 2.22 bits per heavy atom. The minimum atomic E-state index is -3.93. The summed E-state index contributed by atoms with van der Waals surface area (Å²) >= 11 is 0. The molecule has 0 spiro atoms. The molecule has 0 fully saturated rings. The second kappa shape index (κ2) is 8.20. The summed E-state index contributed by atoms with van der Waals surface area (Å²) in [6.45, 7) is 3.64. The third-order valence-electron chi connectivity index (χ3n) is 4.02. The fraction of sp³-hybridized carbons (Fsp3) is 0.278. The van der Waals surface area contributed by atoms with Crippen molar-refractivity contribution in [3.05, 3.63) is 53.6 Å². The molecule has 2 aromatic carbocycles. The van der Waals surface area contributed by atoms with Crippen molar-refractivity contribution in [1.82, 2.24) is 0 Å². The van der Waals surface area contributed by atoms with Crippen LogP contribution in [0.5, 0.6) is 0 Å². The van der Waals surface area contributed by atoms with Crippen LogP contribution in [0, 0.1) is 6.92 Å². The normalized spacial score (nSPS) is 12.0. The molecule has 0 heterocycles. The number of benzene rings is 2. The van der Waals surface area contributed by atoms with Gasteiger partial charge in [-0.05, 0) is 43.2 Å². The number of sulfone groups is 1. The fourth-order valence-electron chi connectivity index (χ4n) is 2.50. The highest BCUT2D eigenvalue weighted by molar-refractivity contribution is 7.91. The lowest BCUT2D eigenvalue weighted by Crippen LogP contribution is -2.19. The molecule has 9 heteroatoms. The number of amides is 1. The zero-order chi connectivity index (χ0) is 20.2. The molecule has 146 valence electrons. The number of nitrogens with two attached hydrogens (primary N) is 1. The average Bonchev–Trinajstić information content (AvgIpc) is 2.60. The van der Waals surface area contributed by atoms with Gasteiger partial charge in [0.25, 0.3) is 0 Å². The van der Waals surface area contributed by atoms with Gasteiger partial charge in [0.1, 0.15) is 0 Å². The first-order chi connectivity index (χ1) is 12.5. The lowest BCUT2D eigenvalue weighted by molar-refractivity contribution is -0.115. The molecule has 0 unspecified atom stereocenters. The van der Waals surface area contributed by atoms with Gasteiger partial charge in [0.05, 0.1) is 15.5 Å². The predicted octanol–water partition coefficient (Wildman–Crippen LogP) is 2.01. The molecule has 0 aliphatic heterocycles. The standard InChI is InChI=1S/C18H22N2O5S2/c1-3-14-6-7-15(12-17(14)27(19,24)25)20-18(21)10-11-26(22,23)16-8-4-13(2)5-9-16/h4-9,12H,3,10-11H2,1-2H3,(H,20,21)(H2,19,24,25). The van der Waals surface area contributed by atoms with Crippen molar-refractivity contribution in [2.45, 2.75) is 36.5 Å². The monoisotopic (exact) mass is 410 g/mol. The van der Waals surface area contributed by atoms with Crippen LogP contribution in [0.25, 0.3) is 0 Å². The number of hydrogen-bond acceptors (Lipinski definition) is 5. The number of primary sulfonamides is 1. The topological polar surface area (TPSA) is 123 Å². The van der Waals surface area contributed by atoms with E-state index in [-0.39, 0.29) is 27.7 Å². The van der Waals surface area contributed by atoms with Gasteiger partial charge in [-0.1, -0.05) is 30.7 Å². The van der Waals surface area contributed by atoms with Gasteiger partial charge >= 0.3 is 0 Å². The molecule has 0 radical (unpaired) electrons. The second-order valence-electron chi connectivity index (χ2n) is 6.15. The van der Waals surface area contributed by atoms with Crippen LogP contribution in [-0.2, 0) is 31.1 Å². The molecule has 0 saturated heterocycles. The molecular formula is C18H22N2O5S2. The molecule has 0 aliphatic carbocycles. The van der Waals surface area contributed by atoms with Gasteiger partial charge in [-0.25, -0.2) is 22.0 Å². The van der Waals surface area contributed by atoms with E-state index in [0.29, 0.717) is 12.0 Å². The number of anilines is 1. The molecule has 0 aromatic heterocycles. The van der Waals surface area contributed by atoms with Crippen molar-refractivity contribution in [1.29, 1.82) is 0 Å². The fourth-order valence-corrected chi connectivity index (χ4v) is 4.61. The van der Waals surface area contributed by atoms with Crippen molar-refractivity contribution in [2.24, 2.45) is 5.14 Å². The van der Waals surface area contributed by atoms with Gasteiger partial charge in [0.2, 0.25) is 15.9 Å². The minimum absolute atomic E-state index is 0.0601. The SMILES string of the molecule is CCc1ccc(NC(=O)CCS(=O)(=O)c2ccc(C)cc2)cc1S(N)(=O)=O. The van der Waals surface area contributed by atoms with Gasteiger partial charge in [0.15, 0.2) is 9.84 Å². The molecule has 2 rings (SSSR count). The molecular weight excluding hydrogens is 388 g/mol. The largest absolute Gasteiger partial charge is 0.326 e. The first-order valence-electron chi connectivity index (χ1n) is 8.28. The van der Waals surface area contributed by atoms with E-state index in [4.69, 9.17) is 5.14 Å². The van der Waals surface area contributed by atoms with Crippen molar-refractivity contribution < 1.29 is 21.6 Å². The first-order valence-corrected chi connectivity index (χ1v) is 11.5. The van der Waals surface area contributed by atoms with Crippen molar-refractivity contribution in [3.63, 3.8) is 0 Å². The summed E-state index contributed by atoms with van der Waals surface area (Å²) in [6, 6.07) is 10.8. The number of sulfonamides is 1. The summed E-state index contributed by atoms with van der Waals surface area (Å²) in [5, 5.41) is 7.72. The lowest BCUT2D eigenvalue weighted by Gasteiger charge is -2.10. The Hall–Kier alpha value is -2.23. The number of aryl methyl sites for hydroxylation is 2. The summed E-state index contributed by atoms with van der Waals surface area (Å²) in [5.74, 6) is -0.882. The highest BCUT2D eigenvalue weighted by Gasteiger charge is 2.18. The lowest BCUT2D eigenvalue weighted by atomic mass is 10.1. The van der Waals surface area contributed by atoms with E-state index in [9.17, 15) is 21.6 Å². The highest BCUT2D eigenvalue weighted by atomic mass is 32.2. The molecule has 2 aromatic rings. The summed E-state index contributed by atoms with van der Waals surface area (Å²) in [5.41, 5.74) is 1.72. The van der Waals surface area contributed by atoms with E-state index in [2.05, 4.69) is 5.32 Å². The van der Waals surface area contributed by atoms with Gasteiger partial charge in [0, 0.05) is 12.1 Å². The van der Waals surface area contributed by atoms with Crippen LogP contribution in [0.2, 0.25) is 0 Å². The van der Waals surface area contributed by atoms with Gasteiger partial charge in [-0.15, -0.1) is 0 Å². The maximum absolute atomic E-state index is 12.3. The predicted molar refractivity (Wildman–Crippen MR) is 104 cm³/mol. The Balaban J connectivity index is 2.09. The third kappa shape index (κ3) is 5.62. The second-order valence-corrected chi connectivity index (χ2v) is 9.79. The molecule has 0 saturated carbocycles. The van der Waals surface area contributed by atoms with Crippen LogP contribution in [0.1, 0.15) is 24.5 Å². The molecule has 0 aliphatic rings. The van der Waals surface area contributed by atoms with Crippen molar-refractivity contribution >= 4 is 31.5 Å². The summed E-state index contributed by atoms with van der Waals surface area (Å²) in [6.07, 6.45) is 0.214. The van der Waals surface area contributed by atoms with E-state index in [0.717, 1.165) is 5.56 Å². The average molecular weight is 411 g/mol. The van der Waals surface area contributed by atoms with E-state index >= 15 is 0 Å². The number of carbonyl (C=O) groups excluding carboxylic acids is 1. The molecule has 1 amide bonds. The maximum atomic E-state index is 12.3. The van der Waals surface area contributed by atoms with E-state index in [1.165, 1.54) is 18.2 Å². The highest BCUT2D eigenvalue weighted by Crippen LogP contribution is 2.21. The first kappa shape index (κ1) is 21.1. The summed E-state index contributed by atoms with van der Waals surface area (Å²) in [7, 11) is -7.51. The van der Waals surface area contributed by atoms with Crippen LogP contribution in [0.15, 0.2) is 52.3 Å². The minimum Gasteiger partial charge on any atom is -0.326 e. The number of hydrogen-bond donors (Lipinski definition) is 2. The molecule has 0 bridgehead atoms. The van der Waals surface area contributed by atoms with E-state index in [1.54, 1.807) is 31.2 Å².